The van der Waals surface area contributed by atoms with Gasteiger partial charge in [-0.3, -0.25) is 4.79 Å². The molecule has 2 aromatic carbocycles. The summed E-state index contributed by atoms with van der Waals surface area (Å²) in [6, 6.07) is 16.4. The molecular formula is C22H23FN2OS. The van der Waals surface area contributed by atoms with E-state index in [1.807, 2.05) is 30.0 Å². The molecule has 3 nitrogen and oxygen atoms in total. The molecule has 3 aromatic rings. The molecular weight excluding hydrogens is 359 g/mol. The van der Waals surface area contributed by atoms with E-state index in [2.05, 4.69) is 24.4 Å². The molecule has 1 N–H and O–H groups in total. The van der Waals surface area contributed by atoms with Crippen LogP contribution in [-0.4, -0.2) is 10.8 Å². The number of nitrogens with one attached hydrogen (secondary N) is 1. The summed E-state index contributed by atoms with van der Waals surface area (Å²) in [6.07, 6.45) is 0.738. The number of amides is 1. The standard InChI is InChI=1S/C22H21FN2OS.H2/c1-3-17-9-11-20(27-17)21-24-19-10-4-14(2)12-18(19)22(26)25(21)13-15-5-7-16(23)8-6-15;/h4-12,21,24H,3,13H2,1-2H3;1H. The van der Waals surface area contributed by atoms with Crippen LogP contribution in [-0.2, 0) is 13.0 Å². The van der Waals surface area contributed by atoms with Gasteiger partial charge in [0.1, 0.15) is 12.0 Å². The molecule has 27 heavy (non-hydrogen) atoms. The highest BCUT2D eigenvalue weighted by atomic mass is 32.1. The second-order valence-electron chi connectivity index (χ2n) is 6.81. The van der Waals surface area contributed by atoms with E-state index in [0.29, 0.717) is 12.1 Å². The Hall–Kier alpha value is -2.66. The van der Waals surface area contributed by atoms with E-state index in [4.69, 9.17) is 0 Å². The lowest BCUT2D eigenvalue weighted by Gasteiger charge is -2.37. The highest BCUT2D eigenvalue weighted by Gasteiger charge is 2.33. The fourth-order valence-electron chi connectivity index (χ4n) is 3.36. The summed E-state index contributed by atoms with van der Waals surface area (Å²) in [5.41, 5.74) is 3.49. The monoisotopic (exact) mass is 382 g/mol. The predicted octanol–water partition coefficient (Wildman–Crippen LogP) is 5.77. The van der Waals surface area contributed by atoms with Crippen LogP contribution < -0.4 is 5.32 Å². The van der Waals surface area contributed by atoms with Crippen molar-refractivity contribution in [2.24, 2.45) is 0 Å². The maximum Gasteiger partial charge on any atom is 0.258 e. The Balaban J connectivity index is 0.00000225. The number of carbonyl (C=O) groups excluding carboxylic acids is 1. The van der Waals surface area contributed by atoms with Gasteiger partial charge in [-0.2, -0.15) is 0 Å². The van der Waals surface area contributed by atoms with Crippen molar-refractivity contribution in [2.75, 3.05) is 5.32 Å². The van der Waals surface area contributed by atoms with Gasteiger partial charge in [0.25, 0.3) is 5.91 Å². The SMILES string of the molecule is CCc1ccc(C2Nc3ccc(C)cc3C(=O)N2Cc2ccc(F)cc2)s1.[HH]. The molecule has 0 saturated carbocycles. The van der Waals surface area contributed by atoms with Crippen LogP contribution in [0.2, 0.25) is 0 Å². The lowest BCUT2D eigenvalue weighted by atomic mass is 10.0. The number of hydrogen-bond acceptors (Lipinski definition) is 3. The first kappa shape index (κ1) is 17.7. The maximum absolute atomic E-state index is 13.3. The molecule has 0 saturated heterocycles. The quantitative estimate of drug-likeness (QED) is 0.621. The van der Waals surface area contributed by atoms with E-state index in [-0.39, 0.29) is 19.3 Å². The fourth-order valence-corrected chi connectivity index (χ4v) is 4.38. The van der Waals surface area contributed by atoms with Crippen molar-refractivity contribution >= 4 is 22.9 Å². The molecule has 0 spiro atoms. The average Bonchev–Trinajstić information content (AvgIpc) is 3.15. The normalized spacial score (nSPS) is 16.2. The van der Waals surface area contributed by atoms with Crippen molar-refractivity contribution in [1.82, 2.24) is 4.90 Å². The number of anilines is 1. The summed E-state index contributed by atoms with van der Waals surface area (Å²) in [6.45, 7) is 4.53. The van der Waals surface area contributed by atoms with Crippen molar-refractivity contribution in [3.8, 4) is 0 Å². The van der Waals surface area contributed by atoms with E-state index in [9.17, 15) is 9.18 Å². The third kappa shape index (κ3) is 3.47. The third-order valence-corrected chi connectivity index (χ3v) is 6.12. The second kappa shape index (κ2) is 7.16. The van der Waals surface area contributed by atoms with Crippen molar-refractivity contribution in [1.29, 1.82) is 0 Å². The highest BCUT2D eigenvalue weighted by molar-refractivity contribution is 7.12. The molecule has 1 atom stereocenters. The zero-order valence-corrected chi connectivity index (χ0v) is 16.1. The van der Waals surface area contributed by atoms with E-state index in [0.717, 1.165) is 28.1 Å². The van der Waals surface area contributed by atoms with Gasteiger partial charge in [0.05, 0.1) is 5.56 Å². The number of rotatable bonds is 4. The van der Waals surface area contributed by atoms with Gasteiger partial charge < -0.3 is 10.2 Å². The average molecular weight is 383 g/mol. The van der Waals surface area contributed by atoms with Crippen molar-refractivity contribution in [3.63, 3.8) is 0 Å². The minimum absolute atomic E-state index is 0. The van der Waals surface area contributed by atoms with Crippen LogP contribution in [0.25, 0.3) is 0 Å². The van der Waals surface area contributed by atoms with Gasteiger partial charge in [0.15, 0.2) is 0 Å². The number of aryl methyl sites for hydroxylation is 2. The maximum atomic E-state index is 13.3. The van der Waals surface area contributed by atoms with Gasteiger partial charge in [-0.15, -0.1) is 11.3 Å². The summed E-state index contributed by atoms with van der Waals surface area (Å²) in [5.74, 6) is -0.279. The minimum atomic E-state index is -0.273. The Labute approximate surface area is 163 Å². The second-order valence-corrected chi connectivity index (χ2v) is 8.01. The number of fused-ring (bicyclic) bond motifs is 1. The summed E-state index contributed by atoms with van der Waals surface area (Å²) >= 11 is 1.72. The lowest BCUT2D eigenvalue weighted by molar-refractivity contribution is 0.0669. The summed E-state index contributed by atoms with van der Waals surface area (Å²) in [7, 11) is 0. The van der Waals surface area contributed by atoms with Crippen LogP contribution in [0.1, 0.15) is 45.8 Å². The number of thiophene rings is 1. The van der Waals surface area contributed by atoms with Crippen LogP contribution in [0.3, 0.4) is 0 Å². The number of halogens is 1. The Bertz CT molecular complexity index is 986. The van der Waals surface area contributed by atoms with Crippen LogP contribution in [0, 0.1) is 12.7 Å². The predicted molar refractivity (Wildman–Crippen MR) is 110 cm³/mol. The van der Waals surface area contributed by atoms with Crippen LogP contribution in [0.5, 0.6) is 0 Å². The Morgan fingerprint density at radius 3 is 2.63 bits per heavy atom. The molecule has 1 amide bonds. The highest BCUT2D eigenvalue weighted by Crippen LogP contribution is 2.37. The van der Waals surface area contributed by atoms with E-state index in [1.165, 1.54) is 17.0 Å². The molecule has 1 aliphatic heterocycles. The molecule has 1 unspecified atom stereocenters. The molecule has 4 rings (SSSR count). The van der Waals surface area contributed by atoms with Gasteiger partial charge in [0.2, 0.25) is 0 Å². The molecule has 0 bridgehead atoms. The van der Waals surface area contributed by atoms with Gasteiger partial charge in [-0.1, -0.05) is 30.7 Å². The fraction of sp³-hybridized carbons (Fsp3) is 0.227. The molecule has 0 radical (unpaired) electrons. The lowest BCUT2D eigenvalue weighted by Crippen LogP contribution is -2.42. The first-order valence-electron chi connectivity index (χ1n) is 9.06. The van der Waals surface area contributed by atoms with E-state index >= 15 is 0 Å². The van der Waals surface area contributed by atoms with Gasteiger partial charge >= 0.3 is 0 Å². The summed E-state index contributed by atoms with van der Waals surface area (Å²) < 4.78 is 13.3. The summed E-state index contributed by atoms with van der Waals surface area (Å²) in [5, 5.41) is 3.53. The van der Waals surface area contributed by atoms with E-state index in [1.54, 1.807) is 23.5 Å². The number of carbonyl (C=O) groups is 1. The van der Waals surface area contributed by atoms with Crippen molar-refractivity contribution in [3.05, 3.63) is 86.9 Å². The van der Waals surface area contributed by atoms with Crippen molar-refractivity contribution in [2.45, 2.75) is 33.0 Å². The Morgan fingerprint density at radius 2 is 1.93 bits per heavy atom. The zero-order chi connectivity index (χ0) is 19.0. The first-order valence-corrected chi connectivity index (χ1v) is 9.88. The number of nitrogens with zero attached hydrogens (tertiary/aromatic N) is 1. The minimum Gasteiger partial charge on any atom is -0.360 e. The van der Waals surface area contributed by atoms with Crippen LogP contribution in [0.15, 0.2) is 54.6 Å². The van der Waals surface area contributed by atoms with Crippen molar-refractivity contribution < 1.29 is 10.6 Å². The number of hydrogen-bond donors (Lipinski definition) is 1. The molecule has 2 heterocycles. The summed E-state index contributed by atoms with van der Waals surface area (Å²) in [4.78, 5) is 17.5. The molecule has 0 aliphatic carbocycles. The molecule has 5 heteroatoms. The molecule has 1 aliphatic rings. The zero-order valence-electron chi connectivity index (χ0n) is 15.3. The van der Waals surface area contributed by atoms with E-state index < -0.39 is 0 Å². The largest absolute Gasteiger partial charge is 0.360 e. The molecule has 140 valence electrons. The number of benzene rings is 2. The topological polar surface area (TPSA) is 32.3 Å². The van der Waals surface area contributed by atoms with Gasteiger partial charge in [-0.25, -0.2) is 4.39 Å². The van der Waals surface area contributed by atoms with Crippen LogP contribution >= 0.6 is 11.3 Å². The Morgan fingerprint density at radius 1 is 1.15 bits per heavy atom. The first-order chi connectivity index (χ1) is 13.0. The molecule has 0 fully saturated rings. The van der Waals surface area contributed by atoms with Gasteiger partial charge in [0, 0.05) is 23.4 Å². The molecule has 1 aromatic heterocycles. The third-order valence-electron chi connectivity index (χ3n) is 4.84. The van der Waals surface area contributed by atoms with Gasteiger partial charge in [-0.05, 0) is 55.3 Å². The Kier molecular flexibility index (Phi) is 4.70. The van der Waals surface area contributed by atoms with Crippen LogP contribution in [0.4, 0.5) is 10.1 Å². The smallest absolute Gasteiger partial charge is 0.258 e.